The molecule has 0 atom stereocenters. The van der Waals surface area contributed by atoms with Gasteiger partial charge in [-0.05, 0) is 97.3 Å². The maximum absolute atomic E-state index is 11.0. The van der Waals surface area contributed by atoms with E-state index >= 15 is 0 Å². The van der Waals surface area contributed by atoms with E-state index in [4.69, 9.17) is 0 Å². The zero-order chi connectivity index (χ0) is 30.4. The van der Waals surface area contributed by atoms with Crippen molar-refractivity contribution in [2.24, 2.45) is 23.7 Å². The van der Waals surface area contributed by atoms with Gasteiger partial charge in [0.25, 0.3) is 0 Å². The molecule has 8 rings (SSSR count). The summed E-state index contributed by atoms with van der Waals surface area (Å²) < 4.78 is 0. The molecule has 0 aliphatic heterocycles. The summed E-state index contributed by atoms with van der Waals surface area (Å²) in [6.45, 7) is 0. The van der Waals surface area contributed by atoms with Crippen LogP contribution >= 0.6 is 0 Å². The van der Waals surface area contributed by atoms with Gasteiger partial charge in [-0.25, -0.2) is 0 Å². The number of aliphatic hydroxyl groups is 4. The molecular weight excluding hydrogens is 544 g/mol. The van der Waals surface area contributed by atoms with Crippen LogP contribution in [-0.4, -0.2) is 20.4 Å². The Balaban J connectivity index is 0.000000142. The lowest BCUT2D eigenvalue weighted by Crippen LogP contribution is -2.27. The Morgan fingerprint density at radius 3 is 0.614 bits per heavy atom. The van der Waals surface area contributed by atoms with Gasteiger partial charge in [-0.2, -0.15) is 0 Å². The summed E-state index contributed by atoms with van der Waals surface area (Å²) in [5.74, 6) is 1.59. The van der Waals surface area contributed by atoms with Crippen LogP contribution in [0, 0.1) is 23.7 Å². The van der Waals surface area contributed by atoms with Crippen molar-refractivity contribution >= 4 is 0 Å². The summed E-state index contributed by atoms with van der Waals surface area (Å²) in [7, 11) is 0. The van der Waals surface area contributed by atoms with Crippen molar-refractivity contribution < 1.29 is 20.4 Å². The molecule has 0 bridgehead atoms. The number of benzene rings is 4. The topological polar surface area (TPSA) is 80.9 Å². The monoisotopic (exact) mass is 588 g/mol. The van der Waals surface area contributed by atoms with Gasteiger partial charge in [0.1, 0.15) is 0 Å². The van der Waals surface area contributed by atoms with E-state index in [2.05, 4.69) is 0 Å². The van der Waals surface area contributed by atoms with Crippen molar-refractivity contribution in [3.63, 3.8) is 0 Å². The Morgan fingerprint density at radius 1 is 0.295 bits per heavy atom. The van der Waals surface area contributed by atoms with Gasteiger partial charge in [0.2, 0.25) is 0 Å². The van der Waals surface area contributed by atoms with Gasteiger partial charge in [-0.3, -0.25) is 0 Å². The third kappa shape index (κ3) is 5.43. The summed E-state index contributed by atoms with van der Waals surface area (Å²) in [5.41, 5.74) is 1.23. The summed E-state index contributed by atoms with van der Waals surface area (Å²) in [5, 5.41) is 44.1. The molecule has 228 valence electrons. The van der Waals surface area contributed by atoms with E-state index in [9.17, 15) is 20.4 Å². The lowest BCUT2D eigenvalue weighted by molar-refractivity contribution is -0.000365. The third-order valence-electron chi connectivity index (χ3n) is 11.4. The molecule has 44 heavy (non-hydrogen) atoms. The van der Waals surface area contributed by atoms with Crippen molar-refractivity contribution in [3.05, 3.63) is 144 Å². The van der Waals surface area contributed by atoms with E-state index in [1.807, 2.05) is 121 Å². The predicted molar refractivity (Wildman–Crippen MR) is 172 cm³/mol. The van der Waals surface area contributed by atoms with Crippen LogP contribution in [-0.2, 0) is 22.4 Å². The smallest absolute Gasteiger partial charge is 0.0902 e. The minimum atomic E-state index is -0.714. The van der Waals surface area contributed by atoms with E-state index in [0.717, 1.165) is 73.6 Å². The van der Waals surface area contributed by atoms with Gasteiger partial charge in [-0.1, -0.05) is 121 Å². The largest absolute Gasteiger partial charge is 0.385 e. The molecule has 4 aliphatic rings. The molecule has 4 N–H and O–H groups in total. The number of rotatable bonds is 4. The summed E-state index contributed by atoms with van der Waals surface area (Å²) in [6.07, 6.45) is 6.09. The Kier molecular flexibility index (Phi) is 7.53. The lowest BCUT2D eigenvalue weighted by atomic mass is 9.84. The van der Waals surface area contributed by atoms with Crippen LogP contribution in [0.4, 0.5) is 0 Å². The SMILES string of the molecule is OC1(c2ccccc2)CC2CC(O)(c3ccccc3)CC2C1.OC1(c2ccccc2)CC2CC(O)(c3ccccc3)CC2C1. The molecule has 0 aromatic heterocycles. The predicted octanol–water partition coefficient (Wildman–Crippen LogP) is 7.16. The first-order chi connectivity index (χ1) is 21.2. The highest BCUT2D eigenvalue weighted by Gasteiger charge is 2.55. The second-order valence-corrected chi connectivity index (χ2v) is 14.3. The van der Waals surface area contributed by atoms with Crippen molar-refractivity contribution in [1.82, 2.24) is 0 Å². The molecule has 0 heterocycles. The Morgan fingerprint density at radius 2 is 0.455 bits per heavy atom. The van der Waals surface area contributed by atoms with Gasteiger partial charge < -0.3 is 20.4 Å². The molecule has 4 saturated carbocycles. The van der Waals surface area contributed by atoms with Crippen molar-refractivity contribution in [3.8, 4) is 0 Å². The van der Waals surface area contributed by atoms with Crippen LogP contribution in [0.15, 0.2) is 121 Å². The highest BCUT2D eigenvalue weighted by Crippen LogP contribution is 2.59. The van der Waals surface area contributed by atoms with E-state index in [0.29, 0.717) is 23.7 Å². The van der Waals surface area contributed by atoms with E-state index in [-0.39, 0.29) is 0 Å². The van der Waals surface area contributed by atoms with Crippen LogP contribution in [0.25, 0.3) is 0 Å². The van der Waals surface area contributed by atoms with Gasteiger partial charge in [0.15, 0.2) is 0 Å². The number of fused-ring (bicyclic) bond motifs is 2. The summed E-state index contributed by atoms with van der Waals surface area (Å²) in [6, 6.07) is 40.0. The van der Waals surface area contributed by atoms with E-state index < -0.39 is 22.4 Å². The zero-order valence-corrected chi connectivity index (χ0v) is 25.3. The summed E-state index contributed by atoms with van der Waals surface area (Å²) in [4.78, 5) is 0. The van der Waals surface area contributed by atoms with Crippen molar-refractivity contribution in [2.75, 3.05) is 0 Å². The van der Waals surface area contributed by atoms with Gasteiger partial charge in [0.05, 0.1) is 22.4 Å². The average molecular weight is 589 g/mol. The summed E-state index contributed by atoms with van der Waals surface area (Å²) >= 11 is 0. The molecule has 0 amide bonds. The van der Waals surface area contributed by atoms with Crippen LogP contribution in [0.1, 0.15) is 73.6 Å². The van der Waals surface area contributed by atoms with E-state index in [1.165, 1.54) is 0 Å². The Labute approximate surface area is 261 Å². The highest BCUT2D eigenvalue weighted by molar-refractivity contribution is 5.30. The molecule has 4 aromatic carbocycles. The molecule has 4 heteroatoms. The molecule has 0 unspecified atom stereocenters. The quantitative estimate of drug-likeness (QED) is 0.204. The fraction of sp³-hybridized carbons (Fsp3) is 0.400. The first-order valence-corrected chi connectivity index (χ1v) is 16.3. The maximum atomic E-state index is 11.0. The Bertz CT molecular complexity index is 1280. The zero-order valence-electron chi connectivity index (χ0n) is 25.3. The molecular formula is C40H44O4. The molecule has 4 aromatic rings. The third-order valence-corrected chi connectivity index (χ3v) is 11.4. The average Bonchev–Trinajstić information content (AvgIpc) is 3.74. The minimum Gasteiger partial charge on any atom is -0.385 e. The first kappa shape index (κ1) is 29.4. The molecule has 4 aliphatic carbocycles. The molecule has 4 nitrogen and oxygen atoms in total. The molecule has 0 radical (unpaired) electrons. The standard InChI is InChI=1S/2C20H22O2/c2*21-19(17-7-3-1-4-8-17)11-15-13-20(22,14-16(15)12-19)18-9-5-2-6-10-18/h2*1-10,15-16,21-22H,11-14H2. The second kappa shape index (κ2) is 11.3. The van der Waals surface area contributed by atoms with E-state index in [1.54, 1.807) is 0 Å². The van der Waals surface area contributed by atoms with Gasteiger partial charge in [0, 0.05) is 0 Å². The van der Waals surface area contributed by atoms with Crippen molar-refractivity contribution in [1.29, 1.82) is 0 Å². The number of hydrogen-bond acceptors (Lipinski definition) is 4. The van der Waals surface area contributed by atoms with Crippen LogP contribution in [0.2, 0.25) is 0 Å². The van der Waals surface area contributed by atoms with Crippen molar-refractivity contribution in [2.45, 2.75) is 73.8 Å². The fourth-order valence-corrected chi connectivity index (χ4v) is 9.36. The normalized spacial score (nSPS) is 37.2. The number of hydrogen-bond donors (Lipinski definition) is 4. The molecule has 4 fully saturated rings. The van der Waals surface area contributed by atoms with Crippen LogP contribution in [0.3, 0.4) is 0 Å². The maximum Gasteiger partial charge on any atom is 0.0902 e. The fourth-order valence-electron chi connectivity index (χ4n) is 9.36. The van der Waals surface area contributed by atoms with Crippen LogP contribution < -0.4 is 0 Å². The highest BCUT2D eigenvalue weighted by atomic mass is 16.3. The first-order valence-electron chi connectivity index (χ1n) is 16.3. The van der Waals surface area contributed by atoms with Gasteiger partial charge >= 0.3 is 0 Å². The minimum absolute atomic E-state index is 0.399. The van der Waals surface area contributed by atoms with Crippen LogP contribution in [0.5, 0.6) is 0 Å². The molecule has 0 spiro atoms. The lowest BCUT2D eigenvalue weighted by Gasteiger charge is -2.29. The van der Waals surface area contributed by atoms with Gasteiger partial charge in [-0.15, -0.1) is 0 Å². The second-order valence-electron chi connectivity index (χ2n) is 14.3. The molecule has 0 saturated heterocycles. The Hall–Kier alpha value is -3.28.